The third-order valence-electron chi connectivity index (χ3n) is 3.56. The number of aryl methyl sites for hydroxylation is 2. The maximum Gasteiger partial charge on any atom is 0.248 e. The lowest BCUT2D eigenvalue weighted by Crippen LogP contribution is -2.10. The molecule has 0 radical (unpaired) electrons. The van der Waals surface area contributed by atoms with Crippen LogP contribution in [-0.4, -0.2) is 25.4 Å². The number of nitrogens with zero attached hydrogens (tertiary/aromatic N) is 4. The van der Waals surface area contributed by atoms with Crippen LogP contribution < -0.4 is 5.32 Å². The lowest BCUT2D eigenvalue weighted by molar-refractivity contribution is -0.111. The minimum absolute atomic E-state index is 0.217. The fourth-order valence-electron chi connectivity index (χ4n) is 2.30. The Kier molecular flexibility index (Phi) is 4.52. The van der Waals surface area contributed by atoms with Gasteiger partial charge in [0.15, 0.2) is 0 Å². The van der Waals surface area contributed by atoms with Crippen LogP contribution >= 0.6 is 11.3 Å². The van der Waals surface area contributed by atoms with Crippen molar-refractivity contribution in [3.63, 3.8) is 0 Å². The fourth-order valence-corrected chi connectivity index (χ4v) is 2.92. The molecule has 3 aromatic heterocycles. The summed E-state index contributed by atoms with van der Waals surface area (Å²) < 4.78 is 1.89. The highest BCUT2D eigenvalue weighted by Crippen LogP contribution is 2.15. The Morgan fingerprint density at radius 2 is 2.00 bits per heavy atom. The zero-order chi connectivity index (χ0) is 17.1. The minimum Gasteiger partial charge on any atom is -0.320 e. The van der Waals surface area contributed by atoms with Crippen molar-refractivity contribution >= 4 is 29.0 Å². The minimum atomic E-state index is -0.217. The Labute approximate surface area is 143 Å². The molecule has 24 heavy (non-hydrogen) atoms. The van der Waals surface area contributed by atoms with Crippen molar-refractivity contribution < 1.29 is 4.79 Å². The van der Waals surface area contributed by atoms with Crippen LogP contribution in [0.15, 0.2) is 36.0 Å². The van der Waals surface area contributed by atoms with E-state index in [0.29, 0.717) is 11.6 Å². The average Bonchev–Trinajstić information content (AvgIpc) is 3.16. The molecule has 3 rings (SSSR count). The van der Waals surface area contributed by atoms with Crippen LogP contribution in [0.5, 0.6) is 0 Å². The molecular weight excluding hydrogens is 322 g/mol. The summed E-state index contributed by atoms with van der Waals surface area (Å²) >= 11 is 1.58. The normalized spacial score (nSPS) is 11.1. The van der Waals surface area contributed by atoms with Crippen molar-refractivity contribution in [1.82, 2.24) is 19.5 Å². The van der Waals surface area contributed by atoms with Crippen LogP contribution in [0, 0.1) is 20.8 Å². The van der Waals surface area contributed by atoms with Gasteiger partial charge in [0.05, 0.1) is 23.8 Å². The number of amides is 1. The third-order valence-corrected chi connectivity index (χ3v) is 4.40. The van der Waals surface area contributed by atoms with Crippen LogP contribution in [0.2, 0.25) is 0 Å². The first-order valence-corrected chi connectivity index (χ1v) is 8.30. The van der Waals surface area contributed by atoms with Gasteiger partial charge in [-0.25, -0.2) is 15.0 Å². The Morgan fingerprint density at radius 1 is 1.25 bits per heavy atom. The van der Waals surface area contributed by atoms with Gasteiger partial charge in [-0.3, -0.25) is 9.36 Å². The molecule has 1 N–H and O–H groups in total. The zero-order valence-corrected chi connectivity index (χ0v) is 14.5. The lowest BCUT2D eigenvalue weighted by Gasteiger charge is -2.07. The summed E-state index contributed by atoms with van der Waals surface area (Å²) in [6.07, 6.45) is 6.45. The zero-order valence-electron chi connectivity index (χ0n) is 13.6. The smallest absolute Gasteiger partial charge is 0.248 e. The summed E-state index contributed by atoms with van der Waals surface area (Å²) in [5.41, 5.74) is 2.50. The number of hydrogen-bond acceptors (Lipinski definition) is 5. The molecule has 0 bridgehead atoms. The van der Waals surface area contributed by atoms with Crippen molar-refractivity contribution in [2.75, 3.05) is 5.32 Å². The molecule has 6 nitrogen and oxygen atoms in total. The molecule has 1 amide bonds. The number of imidazole rings is 1. The molecule has 0 atom stereocenters. The first-order chi connectivity index (χ1) is 11.5. The number of nitrogens with one attached hydrogen (secondary N) is 1. The molecule has 0 saturated carbocycles. The van der Waals surface area contributed by atoms with Gasteiger partial charge >= 0.3 is 0 Å². The second-order valence-electron chi connectivity index (χ2n) is 5.27. The van der Waals surface area contributed by atoms with E-state index in [1.807, 2.05) is 42.9 Å². The molecule has 122 valence electrons. The van der Waals surface area contributed by atoms with E-state index in [2.05, 4.69) is 20.3 Å². The molecule has 0 aliphatic heterocycles. The van der Waals surface area contributed by atoms with E-state index in [4.69, 9.17) is 0 Å². The Morgan fingerprint density at radius 3 is 2.58 bits per heavy atom. The van der Waals surface area contributed by atoms with Crippen molar-refractivity contribution in [1.29, 1.82) is 0 Å². The summed E-state index contributed by atoms with van der Waals surface area (Å²) in [5.74, 6) is 1.16. The standard InChI is InChI=1S/C17H17N5OS/c1-11-12(2)22(13(3)20-11)17-18-9-14(10-19-17)21-16(23)7-6-15-5-4-8-24-15/h4-10H,1-3H3,(H,21,23)/b7-6+. The van der Waals surface area contributed by atoms with Gasteiger partial charge in [-0.15, -0.1) is 11.3 Å². The first-order valence-electron chi connectivity index (χ1n) is 7.42. The van der Waals surface area contributed by atoms with E-state index in [0.717, 1.165) is 22.1 Å². The second kappa shape index (κ2) is 6.76. The van der Waals surface area contributed by atoms with E-state index in [1.54, 1.807) is 29.8 Å². The number of aromatic nitrogens is 4. The van der Waals surface area contributed by atoms with E-state index in [-0.39, 0.29) is 5.91 Å². The van der Waals surface area contributed by atoms with Crippen LogP contribution in [0.4, 0.5) is 5.69 Å². The van der Waals surface area contributed by atoms with Crippen LogP contribution in [-0.2, 0) is 4.79 Å². The Hall–Kier alpha value is -2.80. The molecule has 0 aromatic carbocycles. The van der Waals surface area contributed by atoms with E-state index < -0.39 is 0 Å². The molecule has 0 spiro atoms. The van der Waals surface area contributed by atoms with E-state index in [1.165, 1.54) is 6.08 Å². The highest BCUT2D eigenvalue weighted by molar-refractivity contribution is 7.10. The highest BCUT2D eigenvalue weighted by atomic mass is 32.1. The van der Waals surface area contributed by atoms with Gasteiger partial charge in [0.25, 0.3) is 0 Å². The molecule has 0 saturated heterocycles. The van der Waals surface area contributed by atoms with Crippen molar-refractivity contribution in [3.05, 3.63) is 58.1 Å². The topological polar surface area (TPSA) is 72.7 Å². The number of carbonyl (C=O) groups excluding carboxylic acids is 1. The summed E-state index contributed by atoms with van der Waals surface area (Å²) in [6, 6.07) is 3.89. The number of hydrogen-bond donors (Lipinski definition) is 1. The number of carbonyl (C=O) groups is 1. The maximum atomic E-state index is 11.9. The quantitative estimate of drug-likeness (QED) is 0.740. The molecule has 7 heteroatoms. The van der Waals surface area contributed by atoms with Crippen molar-refractivity contribution in [2.45, 2.75) is 20.8 Å². The third kappa shape index (κ3) is 3.41. The Balaban J connectivity index is 1.72. The van der Waals surface area contributed by atoms with E-state index in [9.17, 15) is 4.79 Å². The number of anilines is 1. The average molecular weight is 339 g/mol. The summed E-state index contributed by atoms with van der Waals surface area (Å²) in [4.78, 5) is 26.0. The SMILES string of the molecule is Cc1nc(C)n(-c2ncc(NC(=O)/C=C/c3cccs3)cn2)c1C. The van der Waals surface area contributed by atoms with E-state index >= 15 is 0 Å². The largest absolute Gasteiger partial charge is 0.320 e. The fraction of sp³-hybridized carbons (Fsp3) is 0.176. The van der Waals surface area contributed by atoms with Gasteiger partial charge in [-0.1, -0.05) is 6.07 Å². The molecule has 0 aliphatic carbocycles. The van der Waals surface area contributed by atoms with Gasteiger partial charge in [0, 0.05) is 16.6 Å². The summed E-state index contributed by atoms with van der Waals surface area (Å²) in [5, 5.41) is 4.71. The molecule has 3 heterocycles. The van der Waals surface area contributed by atoms with Gasteiger partial charge in [-0.2, -0.15) is 0 Å². The van der Waals surface area contributed by atoms with Crippen molar-refractivity contribution in [2.24, 2.45) is 0 Å². The first kappa shape index (κ1) is 16.1. The molecule has 0 fully saturated rings. The molecular formula is C17H17N5OS. The predicted molar refractivity (Wildman–Crippen MR) is 95.3 cm³/mol. The lowest BCUT2D eigenvalue weighted by atomic mass is 10.4. The van der Waals surface area contributed by atoms with Gasteiger partial charge in [-0.05, 0) is 38.3 Å². The molecule has 0 aliphatic rings. The second-order valence-corrected chi connectivity index (χ2v) is 6.25. The number of rotatable bonds is 4. The number of thiophene rings is 1. The van der Waals surface area contributed by atoms with Gasteiger partial charge < -0.3 is 5.32 Å². The predicted octanol–water partition coefficient (Wildman–Crippen LogP) is 3.30. The Bertz CT molecular complexity index is 879. The monoisotopic (exact) mass is 339 g/mol. The summed E-state index contributed by atoms with van der Waals surface area (Å²) in [7, 11) is 0. The maximum absolute atomic E-state index is 11.9. The van der Waals surface area contributed by atoms with Gasteiger partial charge in [0.2, 0.25) is 11.9 Å². The van der Waals surface area contributed by atoms with Crippen molar-refractivity contribution in [3.8, 4) is 5.95 Å². The molecule has 3 aromatic rings. The van der Waals surface area contributed by atoms with Crippen LogP contribution in [0.3, 0.4) is 0 Å². The molecule has 0 unspecified atom stereocenters. The van der Waals surface area contributed by atoms with Gasteiger partial charge in [0.1, 0.15) is 5.82 Å². The van der Waals surface area contributed by atoms with Crippen LogP contribution in [0.25, 0.3) is 12.0 Å². The summed E-state index contributed by atoms with van der Waals surface area (Å²) in [6.45, 7) is 5.84. The van der Waals surface area contributed by atoms with Crippen LogP contribution in [0.1, 0.15) is 22.1 Å². The highest BCUT2D eigenvalue weighted by Gasteiger charge is 2.11.